The first-order valence-corrected chi connectivity index (χ1v) is 4.11. The van der Waals surface area contributed by atoms with E-state index in [4.69, 9.17) is 11.6 Å². The van der Waals surface area contributed by atoms with Crippen molar-refractivity contribution in [3.63, 3.8) is 0 Å². The molecule has 1 saturated carbocycles. The molecule has 0 aromatic heterocycles. The lowest BCUT2D eigenvalue weighted by Gasteiger charge is -1.98. The molecule has 1 fully saturated rings. The second-order valence-corrected chi connectivity index (χ2v) is 3.51. The van der Waals surface area contributed by atoms with Gasteiger partial charge in [-0.3, -0.25) is 0 Å². The molecular formula is C9H7ClF2. The van der Waals surface area contributed by atoms with Gasteiger partial charge in [-0.25, -0.2) is 8.78 Å². The molecule has 3 heteroatoms. The van der Waals surface area contributed by atoms with E-state index in [-0.39, 0.29) is 6.42 Å². The Bertz CT molecular complexity index is 292. The third-order valence-corrected chi connectivity index (χ3v) is 2.35. The van der Waals surface area contributed by atoms with Crippen LogP contribution in [0, 0.1) is 0 Å². The van der Waals surface area contributed by atoms with Gasteiger partial charge in [0.05, 0.1) is 5.92 Å². The second-order valence-electron chi connectivity index (χ2n) is 3.07. The summed E-state index contributed by atoms with van der Waals surface area (Å²) in [5, 5.41) is 0.586. The van der Waals surface area contributed by atoms with Gasteiger partial charge in [0.1, 0.15) is 0 Å². The minimum atomic E-state index is -2.48. The Morgan fingerprint density at radius 1 is 1.25 bits per heavy atom. The van der Waals surface area contributed by atoms with Gasteiger partial charge >= 0.3 is 0 Å². The van der Waals surface area contributed by atoms with Gasteiger partial charge in [-0.1, -0.05) is 23.7 Å². The Morgan fingerprint density at radius 2 is 1.75 bits per heavy atom. The molecule has 0 unspecified atom stereocenters. The SMILES string of the molecule is FC1(F)C[C@H]1c1ccc(Cl)cc1. The van der Waals surface area contributed by atoms with Gasteiger partial charge in [0, 0.05) is 11.4 Å². The number of benzene rings is 1. The van der Waals surface area contributed by atoms with Crippen molar-refractivity contribution in [2.45, 2.75) is 18.3 Å². The maximum Gasteiger partial charge on any atom is 0.255 e. The van der Waals surface area contributed by atoms with Crippen LogP contribution in [-0.4, -0.2) is 5.92 Å². The molecule has 1 aromatic carbocycles. The molecule has 0 heterocycles. The van der Waals surface area contributed by atoms with Crippen molar-refractivity contribution in [3.8, 4) is 0 Å². The van der Waals surface area contributed by atoms with Crippen molar-refractivity contribution in [1.82, 2.24) is 0 Å². The Balaban J connectivity index is 2.21. The lowest BCUT2D eigenvalue weighted by Crippen LogP contribution is -1.91. The van der Waals surface area contributed by atoms with Crippen LogP contribution in [0.15, 0.2) is 24.3 Å². The standard InChI is InChI=1S/C9H7ClF2/c10-7-3-1-6(2-4-7)8-5-9(8,11)12/h1-4,8H,5H2/t8-/m0/s1. The summed E-state index contributed by atoms with van der Waals surface area (Å²) in [7, 11) is 0. The van der Waals surface area contributed by atoms with Crippen LogP contribution in [0.4, 0.5) is 8.78 Å². The molecule has 1 atom stereocenters. The molecule has 0 nitrogen and oxygen atoms in total. The van der Waals surface area contributed by atoms with Crippen molar-refractivity contribution >= 4 is 11.6 Å². The third-order valence-electron chi connectivity index (χ3n) is 2.10. The molecule has 0 spiro atoms. The fourth-order valence-corrected chi connectivity index (χ4v) is 1.40. The largest absolute Gasteiger partial charge is 0.255 e. The first kappa shape index (κ1) is 7.99. The normalized spacial score (nSPS) is 25.4. The van der Waals surface area contributed by atoms with Gasteiger partial charge in [-0.2, -0.15) is 0 Å². The van der Waals surface area contributed by atoms with E-state index >= 15 is 0 Å². The first-order chi connectivity index (χ1) is 5.59. The van der Waals surface area contributed by atoms with Crippen molar-refractivity contribution in [2.24, 2.45) is 0 Å². The summed E-state index contributed by atoms with van der Waals surface area (Å²) in [5.74, 6) is -3.05. The highest BCUT2D eigenvalue weighted by atomic mass is 35.5. The Hall–Kier alpha value is -0.630. The van der Waals surface area contributed by atoms with Crippen LogP contribution >= 0.6 is 11.6 Å². The van der Waals surface area contributed by atoms with E-state index < -0.39 is 11.8 Å². The van der Waals surface area contributed by atoms with Crippen LogP contribution in [-0.2, 0) is 0 Å². The highest BCUT2D eigenvalue weighted by Crippen LogP contribution is 2.55. The van der Waals surface area contributed by atoms with Gasteiger partial charge in [-0.15, -0.1) is 0 Å². The van der Waals surface area contributed by atoms with Crippen LogP contribution in [0.3, 0.4) is 0 Å². The quantitative estimate of drug-likeness (QED) is 0.633. The summed E-state index contributed by atoms with van der Waals surface area (Å²) in [6.45, 7) is 0. The minimum Gasteiger partial charge on any atom is -0.206 e. The molecule has 0 bridgehead atoms. The van der Waals surface area contributed by atoms with Gasteiger partial charge in [-0.05, 0) is 17.7 Å². The lowest BCUT2D eigenvalue weighted by molar-refractivity contribution is 0.112. The van der Waals surface area contributed by atoms with Gasteiger partial charge in [0.25, 0.3) is 5.92 Å². The van der Waals surface area contributed by atoms with E-state index in [9.17, 15) is 8.78 Å². The highest BCUT2D eigenvalue weighted by Gasteiger charge is 2.57. The number of hydrogen-bond donors (Lipinski definition) is 0. The summed E-state index contributed by atoms with van der Waals surface area (Å²) in [5.41, 5.74) is 0.685. The highest BCUT2D eigenvalue weighted by molar-refractivity contribution is 6.30. The molecule has 1 aliphatic rings. The molecule has 1 aliphatic carbocycles. The fraction of sp³-hybridized carbons (Fsp3) is 0.333. The number of rotatable bonds is 1. The summed E-state index contributed by atoms with van der Waals surface area (Å²) in [6.07, 6.45) is -0.0192. The fourth-order valence-electron chi connectivity index (χ4n) is 1.27. The number of alkyl halides is 2. The van der Waals surface area contributed by atoms with E-state index in [1.165, 1.54) is 0 Å². The Labute approximate surface area is 74.2 Å². The smallest absolute Gasteiger partial charge is 0.206 e. The molecule has 64 valence electrons. The maximum absolute atomic E-state index is 12.5. The summed E-state index contributed by atoms with van der Waals surface area (Å²) < 4.78 is 25.1. The van der Waals surface area contributed by atoms with Crippen molar-refractivity contribution < 1.29 is 8.78 Å². The second kappa shape index (κ2) is 2.43. The van der Waals surface area contributed by atoms with Crippen LogP contribution in [0.1, 0.15) is 17.9 Å². The van der Waals surface area contributed by atoms with Crippen molar-refractivity contribution in [2.75, 3.05) is 0 Å². The average Bonchev–Trinajstić information content (AvgIpc) is 2.61. The van der Waals surface area contributed by atoms with Crippen molar-refractivity contribution in [3.05, 3.63) is 34.9 Å². The minimum absolute atomic E-state index is 0.0192. The maximum atomic E-state index is 12.5. The molecule has 0 aliphatic heterocycles. The summed E-state index contributed by atoms with van der Waals surface area (Å²) in [4.78, 5) is 0. The number of hydrogen-bond acceptors (Lipinski definition) is 0. The van der Waals surface area contributed by atoms with Crippen LogP contribution < -0.4 is 0 Å². The molecule has 0 saturated heterocycles. The molecular weight excluding hydrogens is 182 g/mol. The van der Waals surface area contributed by atoms with Gasteiger partial charge in [0.2, 0.25) is 0 Å². The van der Waals surface area contributed by atoms with E-state index in [1.54, 1.807) is 24.3 Å². The molecule has 0 radical (unpaired) electrons. The van der Waals surface area contributed by atoms with Crippen LogP contribution in [0.5, 0.6) is 0 Å². The number of halogens is 3. The first-order valence-electron chi connectivity index (χ1n) is 3.73. The molecule has 2 rings (SSSR count). The molecule has 0 N–H and O–H groups in total. The Kier molecular flexibility index (Phi) is 1.62. The molecule has 0 amide bonds. The lowest BCUT2D eigenvalue weighted by atomic mass is 10.1. The third kappa shape index (κ3) is 1.31. The zero-order chi connectivity index (χ0) is 8.77. The molecule has 1 aromatic rings. The van der Waals surface area contributed by atoms with Gasteiger partial charge < -0.3 is 0 Å². The van der Waals surface area contributed by atoms with Crippen LogP contribution in [0.25, 0.3) is 0 Å². The van der Waals surface area contributed by atoms with Crippen molar-refractivity contribution in [1.29, 1.82) is 0 Å². The van der Waals surface area contributed by atoms with E-state index in [2.05, 4.69) is 0 Å². The summed E-state index contributed by atoms with van der Waals surface area (Å²) >= 11 is 5.62. The zero-order valence-corrected chi connectivity index (χ0v) is 6.98. The Morgan fingerprint density at radius 3 is 2.17 bits per heavy atom. The zero-order valence-electron chi connectivity index (χ0n) is 6.23. The predicted molar refractivity (Wildman–Crippen MR) is 43.8 cm³/mol. The average molecular weight is 189 g/mol. The van der Waals surface area contributed by atoms with E-state index in [0.29, 0.717) is 10.6 Å². The van der Waals surface area contributed by atoms with Crippen LogP contribution in [0.2, 0.25) is 5.02 Å². The predicted octanol–water partition coefficient (Wildman–Crippen LogP) is 3.46. The monoisotopic (exact) mass is 188 g/mol. The summed E-state index contributed by atoms with van der Waals surface area (Å²) in [6, 6.07) is 6.61. The molecule has 12 heavy (non-hydrogen) atoms. The van der Waals surface area contributed by atoms with E-state index in [1.807, 2.05) is 0 Å². The van der Waals surface area contributed by atoms with Gasteiger partial charge in [0.15, 0.2) is 0 Å². The van der Waals surface area contributed by atoms with E-state index in [0.717, 1.165) is 0 Å². The topological polar surface area (TPSA) is 0 Å².